The molecule has 0 saturated carbocycles. The van der Waals surface area contributed by atoms with Gasteiger partial charge < -0.3 is 4.90 Å². The van der Waals surface area contributed by atoms with Crippen LogP contribution in [-0.2, 0) is 0 Å². The highest BCUT2D eigenvalue weighted by atomic mass is 16.3. The fourth-order valence-electron chi connectivity index (χ4n) is 1.38. The molecular weight excluding hydrogens is 168 g/mol. The van der Waals surface area contributed by atoms with Crippen molar-refractivity contribution < 1.29 is 0 Å². The number of piperazine rings is 1. The molecule has 0 spiro atoms. The Morgan fingerprint density at radius 1 is 1.23 bits per heavy atom. The molecule has 5 heteroatoms. The van der Waals surface area contributed by atoms with Gasteiger partial charge in [-0.3, -0.25) is 9.91 Å². The average molecular weight is 186 g/mol. The molecule has 1 fully saturated rings. The molecule has 13 heavy (non-hydrogen) atoms. The molecule has 76 valence electrons. The summed E-state index contributed by atoms with van der Waals surface area (Å²) in [7, 11) is 4.15. The van der Waals surface area contributed by atoms with Crippen LogP contribution in [-0.4, -0.2) is 68.2 Å². The first-order chi connectivity index (χ1) is 6.22. The van der Waals surface area contributed by atoms with Crippen molar-refractivity contribution in [3.05, 3.63) is 4.91 Å². The van der Waals surface area contributed by atoms with Crippen LogP contribution in [0.4, 0.5) is 0 Å². The van der Waals surface area contributed by atoms with E-state index in [-0.39, 0.29) is 0 Å². The van der Waals surface area contributed by atoms with Crippen LogP contribution in [0.25, 0.3) is 0 Å². The van der Waals surface area contributed by atoms with Gasteiger partial charge in [0, 0.05) is 26.2 Å². The van der Waals surface area contributed by atoms with Crippen LogP contribution in [0.1, 0.15) is 0 Å². The van der Waals surface area contributed by atoms with Crippen LogP contribution in [0.5, 0.6) is 0 Å². The predicted octanol–water partition coefficient (Wildman–Crippen LogP) is -0.153. The second-order valence-electron chi connectivity index (χ2n) is 3.68. The van der Waals surface area contributed by atoms with Gasteiger partial charge in [-0.2, -0.15) is 0 Å². The van der Waals surface area contributed by atoms with Crippen molar-refractivity contribution in [3.63, 3.8) is 0 Å². The van der Waals surface area contributed by atoms with Crippen LogP contribution >= 0.6 is 0 Å². The van der Waals surface area contributed by atoms with E-state index in [4.69, 9.17) is 0 Å². The van der Waals surface area contributed by atoms with E-state index in [1.54, 1.807) is 5.01 Å². The van der Waals surface area contributed by atoms with E-state index in [9.17, 15) is 4.91 Å². The minimum Gasteiger partial charge on any atom is -0.308 e. The van der Waals surface area contributed by atoms with E-state index < -0.39 is 0 Å². The molecule has 1 aliphatic heterocycles. The molecule has 5 nitrogen and oxygen atoms in total. The molecule has 0 N–H and O–H groups in total. The third kappa shape index (κ3) is 3.69. The number of likely N-dealkylation sites (N-methyl/N-ethyl adjacent to an activating group) is 1. The number of rotatable bonds is 4. The maximum absolute atomic E-state index is 10.2. The second-order valence-corrected chi connectivity index (χ2v) is 3.68. The fourth-order valence-corrected chi connectivity index (χ4v) is 1.38. The summed E-state index contributed by atoms with van der Waals surface area (Å²) in [6.07, 6.45) is 0. The lowest BCUT2D eigenvalue weighted by atomic mass is 10.3. The summed E-state index contributed by atoms with van der Waals surface area (Å²) < 4.78 is 0. The Morgan fingerprint density at radius 2 is 1.85 bits per heavy atom. The smallest absolute Gasteiger partial charge is 0.0524 e. The molecule has 0 amide bonds. The molecule has 0 atom stereocenters. The summed E-state index contributed by atoms with van der Waals surface area (Å²) in [5.74, 6) is 0. The molecule has 0 aliphatic carbocycles. The fraction of sp³-hybridized carbons (Fsp3) is 1.00. The zero-order valence-corrected chi connectivity index (χ0v) is 8.44. The van der Waals surface area contributed by atoms with Crippen LogP contribution in [0, 0.1) is 4.91 Å². The van der Waals surface area contributed by atoms with Crippen molar-refractivity contribution in [1.29, 1.82) is 0 Å². The standard InChI is InChI=1S/C8H18N4O/c1-10(2)3-4-11-5-7-12(9-13)8-6-11/h3-8H2,1-2H3. The SMILES string of the molecule is CN(C)CCN1CCN(N=O)CC1. The zero-order valence-electron chi connectivity index (χ0n) is 8.44. The van der Waals surface area contributed by atoms with Crippen molar-refractivity contribution in [2.45, 2.75) is 0 Å². The molecule has 1 aliphatic rings. The summed E-state index contributed by atoms with van der Waals surface area (Å²) in [5, 5.41) is 4.51. The highest BCUT2D eigenvalue weighted by Gasteiger charge is 2.15. The lowest BCUT2D eigenvalue weighted by Gasteiger charge is -2.31. The predicted molar refractivity (Wildman–Crippen MR) is 52.4 cm³/mol. The summed E-state index contributed by atoms with van der Waals surface area (Å²) in [6.45, 7) is 5.63. The third-order valence-electron chi connectivity index (χ3n) is 2.33. The molecule has 0 aromatic heterocycles. The van der Waals surface area contributed by atoms with Gasteiger partial charge in [-0.15, -0.1) is 4.91 Å². The molecule has 0 bridgehead atoms. The van der Waals surface area contributed by atoms with E-state index in [1.165, 1.54) is 0 Å². The highest BCUT2D eigenvalue weighted by Crippen LogP contribution is 2.00. The Kier molecular flexibility index (Phi) is 4.11. The Balaban J connectivity index is 2.14. The zero-order chi connectivity index (χ0) is 9.68. The van der Waals surface area contributed by atoms with Crippen LogP contribution < -0.4 is 0 Å². The Morgan fingerprint density at radius 3 is 2.31 bits per heavy atom. The average Bonchev–Trinajstić information content (AvgIpc) is 2.15. The maximum Gasteiger partial charge on any atom is 0.0524 e. The first-order valence-corrected chi connectivity index (χ1v) is 4.67. The number of nitrogens with zero attached hydrogens (tertiary/aromatic N) is 4. The number of nitroso groups, excluding NO2 is 1. The van der Waals surface area contributed by atoms with E-state index in [0.29, 0.717) is 0 Å². The summed E-state index contributed by atoms with van der Waals surface area (Å²) in [5.41, 5.74) is 0. The topological polar surface area (TPSA) is 39.1 Å². The lowest BCUT2D eigenvalue weighted by Crippen LogP contribution is -2.45. The van der Waals surface area contributed by atoms with Gasteiger partial charge in [0.05, 0.1) is 18.4 Å². The number of hydrogen-bond donors (Lipinski definition) is 0. The van der Waals surface area contributed by atoms with Crippen molar-refractivity contribution in [1.82, 2.24) is 14.8 Å². The van der Waals surface area contributed by atoms with E-state index >= 15 is 0 Å². The van der Waals surface area contributed by atoms with Gasteiger partial charge in [0.1, 0.15) is 0 Å². The quantitative estimate of drug-likeness (QED) is 0.572. The summed E-state index contributed by atoms with van der Waals surface area (Å²) in [4.78, 5) is 14.7. The lowest BCUT2D eigenvalue weighted by molar-refractivity contribution is 0.127. The van der Waals surface area contributed by atoms with E-state index in [0.717, 1.165) is 39.3 Å². The van der Waals surface area contributed by atoms with Crippen LogP contribution in [0.2, 0.25) is 0 Å². The first kappa shape index (κ1) is 10.4. The Labute approximate surface area is 79.2 Å². The molecular formula is C8H18N4O. The van der Waals surface area contributed by atoms with Gasteiger partial charge in [-0.25, -0.2) is 0 Å². The minimum atomic E-state index is 0.775. The van der Waals surface area contributed by atoms with Gasteiger partial charge in [-0.05, 0) is 14.1 Å². The molecule has 0 radical (unpaired) electrons. The van der Waals surface area contributed by atoms with Crippen molar-refractivity contribution in [3.8, 4) is 0 Å². The van der Waals surface area contributed by atoms with E-state index in [1.807, 2.05) is 0 Å². The summed E-state index contributed by atoms with van der Waals surface area (Å²) >= 11 is 0. The second kappa shape index (κ2) is 5.14. The number of hydrogen-bond acceptors (Lipinski definition) is 4. The molecule has 0 aromatic carbocycles. The largest absolute Gasteiger partial charge is 0.308 e. The highest BCUT2D eigenvalue weighted by molar-refractivity contribution is 4.69. The van der Waals surface area contributed by atoms with Crippen molar-refractivity contribution in [2.24, 2.45) is 5.29 Å². The maximum atomic E-state index is 10.2. The van der Waals surface area contributed by atoms with Gasteiger partial charge in [0.2, 0.25) is 0 Å². The van der Waals surface area contributed by atoms with Crippen LogP contribution in [0.15, 0.2) is 5.29 Å². The van der Waals surface area contributed by atoms with Gasteiger partial charge in [-0.1, -0.05) is 0 Å². The first-order valence-electron chi connectivity index (χ1n) is 4.67. The molecule has 1 heterocycles. The van der Waals surface area contributed by atoms with Gasteiger partial charge >= 0.3 is 0 Å². The Bertz CT molecular complexity index is 154. The Hall–Kier alpha value is -0.680. The van der Waals surface area contributed by atoms with Crippen molar-refractivity contribution >= 4 is 0 Å². The molecule has 0 aromatic rings. The summed E-state index contributed by atoms with van der Waals surface area (Å²) in [6, 6.07) is 0. The van der Waals surface area contributed by atoms with Crippen LogP contribution in [0.3, 0.4) is 0 Å². The minimum absolute atomic E-state index is 0.775. The molecule has 0 unspecified atom stereocenters. The third-order valence-corrected chi connectivity index (χ3v) is 2.33. The molecule has 1 rings (SSSR count). The monoisotopic (exact) mass is 186 g/mol. The van der Waals surface area contributed by atoms with Gasteiger partial charge in [0.25, 0.3) is 0 Å². The van der Waals surface area contributed by atoms with E-state index in [2.05, 4.69) is 29.2 Å². The molecule has 1 saturated heterocycles. The normalized spacial score (nSPS) is 19.5. The van der Waals surface area contributed by atoms with Crippen molar-refractivity contribution in [2.75, 3.05) is 53.4 Å². The van der Waals surface area contributed by atoms with Gasteiger partial charge in [0.15, 0.2) is 0 Å².